The van der Waals surface area contributed by atoms with Crippen LogP contribution < -0.4 is 20.7 Å². The van der Waals surface area contributed by atoms with Crippen molar-refractivity contribution in [2.75, 3.05) is 26.7 Å². The minimum atomic E-state index is -0.139. The van der Waals surface area contributed by atoms with E-state index < -0.39 is 0 Å². The van der Waals surface area contributed by atoms with Crippen LogP contribution in [0.1, 0.15) is 28.4 Å². The number of hydrogen-bond acceptors (Lipinski definition) is 4. The van der Waals surface area contributed by atoms with Gasteiger partial charge in [-0.25, -0.2) is 4.99 Å². The van der Waals surface area contributed by atoms with Crippen molar-refractivity contribution in [1.29, 1.82) is 0 Å². The van der Waals surface area contributed by atoms with Gasteiger partial charge >= 0.3 is 0 Å². The highest BCUT2D eigenvalue weighted by atomic mass is 16.5. The minimum absolute atomic E-state index is 0.139. The summed E-state index contributed by atoms with van der Waals surface area (Å²) in [5.74, 6) is 1.22. The Morgan fingerprint density at radius 3 is 2.59 bits per heavy atom. The molecule has 32 heavy (non-hydrogen) atoms. The number of rotatable bonds is 10. The van der Waals surface area contributed by atoms with Crippen LogP contribution in [0.5, 0.6) is 5.75 Å². The van der Waals surface area contributed by atoms with Gasteiger partial charge in [-0.2, -0.15) is 5.10 Å². The molecule has 0 fully saturated rings. The fraction of sp³-hybridized carbons (Fsp3) is 0.292. The maximum Gasteiger partial charge on any atom is 0.251 e. The van der Waals surface area contributed by atoms with Gasteiger partial charge in [-0.15, -0.1) is 0 Å². The molecule has 0 unspecified atom stereocenters. The van der Waals surface area contributed by atoms with Crippen LogP contribution in [0.15, 0.2) is 72.0 Å². The van der Waals surface area contributed by atoms with E-state index >= 15 is 0 Å². The summed E-state index contributed by atoms with van der Waals surface area (Å²) in [4.78, 5) is 17.0. The third-order valence-electron chi connectivity index (χ3n) is 4.80. The van der Waals surface area contributed by atoms with E-state index in [2.05, 4.69) is 33.2 Å². The van der Waals surface area contributed by atoms with Crippen LogP contribution in [0.3, 0.4) is 0 Å². The van der Waals surface area contributed by atoms with Crippen molar-refractivity contribution in [1.82, 2.24) is 25.7 Å². The Balaban J connectivity index is 1.52. The third kappa shape index (κ3) is 6.87. The van der Waals surface area contributed by atoms with Crippen molar-refractivity contribution in [3.05, 3.63) is 83.7 Å². The predicted molar refractivity (Wildman–Crippen MR) is 126 cm³/mol. The maximum absolute atomic E-state index is 12.3. The number of amides is 1. The van der Waals surface area contributed by atoms with Crippen molar-refractivity contribution in [3.8, 4) is 5.75 Å². The minimum Gasteiger partial charge on any atom is -0.497 e. The summed E-state index contributed by atoms with van der Waals surface area (Å²) in [5, 5.41) is 13.7. The molecule has 0 spiro atoms. The lowest BCUT2D eigenvalue weighted by Crippen LogP contribution is -2.41. The molecular formula is C24H30N6O2. The summed E-state index contributed by atoms with van der Waals surface area (Å²) >= 11 is 0. The molecule has 1 amide bonds. The van der Waals surface area contributed by atoms with E-state index in [-0.39, 0.29) is 5.91 Å². The first-order valence-electron chi connectivity index (χ1n) is 10.7. The zero-order valence-corrected chi connectivity index (χ0v) is 18.5. The van der Waals surface area contributed by atoms with E-state index in [0.29, 0.717) is 43.5 Å². The molecule has 0 aliphatic carbocycles. The van der Waals surface area contributed by atoms with E-state index in [9.17, 15) is 4.79 Å². The average molecular weight is 435 g/mol. The molecule has 3 aromatic rings. The maximum atomic E-state index is 12.3. The van der Waals surface area contributed by atoms with E-state index in [1.807, 2.05) is 42.1 Å². The van der Waals surface area contributed by atoms with Crippen LogP contribution in [0.2, 0.25) is 0 Å². The van der Waals surface area contributed by atoms with Crippen molar-refractivity contribution >= 4 is 11.9 Å². The summed E-state index contributed by atoms with van der Waals surface area (Å²) in [6.45, 7) is 5.04. The van der Waals surface area contributed by atoms with Crippen molar-refractivity contribution < 1.29 is 9.53 Å². The van der Waals surface area contributed by atoms with Gasteiger partial charge in [0.15, 0.2) is 5.96 Å². The molecule has 3 N–H and O–H groups in total. The number of ether oxygens (including phenoxy) is 1. The summed E-state index contributed by atoms with van der Waals surface area (Å²) in [7, 11) is 1.58. The molecule has 0 atom stereocenters. The fourth-order valence-corrected chi connectivity index (χ4v) is 3.16. The van der Waals surface area contributed by atoms with Crippen molar-refractivity contribution in [3.63, 3.8) is 0 Å². The molecule has 168 valence electrons. The topological polar surface area (TPSA) is 92.6 Å². The lowest BCUT2D eigenvalue weighted by Gasteiger charge is -2.13. The fourth-order valence-electron chi connectivity index (χ4n) is 3.16. The third-order valence-corrected chi connectivity index (χ3v) is 4.80. The van der Waals surface area contributed by atoms with Crippen LogP contribution >= 0.6 is 0 Å². The number of carbonyl (C=O) groups excluding carboxylic acids is 1. The second-order valence-corrected chi connectivity index (χ2v) is 7.08. The van der Waals surface area contributed by atoms with Crippen LogP contribution in [-0.2, 0) is 13.1 Å². The first-order chi connectivity index (χ1) is 15.7. The number of guanidine groups is 1. The van der Waals surface area contributed by atoms with Crippen molar-refractivity contribution in [2.45, 2.75) is 20.0 Å². The number of methoxy groups -OCH3 is 1. The number of aliphatic imine (C=N–C) groups is 1. The largest absolute Gasteiger partial charge is 0.497 e. The second-order valence-electron chi connectivity index (χ2n) is 7.08. The van der Waals surface area contributed by atoms with Gasteiger partial charge in [0.05, 0.1) is 20.2 Å². The summed E-state index contributed by atoms with van der Waals surface area (Å²) in [6, 6.07) is 17.2. The van der Waals surface area contributed by atoms with Crippen molar-refractivity contribution in [2.24, 2.45) is 4.99 Å². The van der Waals surface area contributed by atoms with Gasteiger partial charge in [0, 0.05) is 37.6 Å². The molecule has 0 radical (unpaired) electrons. The standard InChI is InChI=1S/C24H30N6O2/c1-3-25-24(27-14-13-26-23(31)19-10-6-11-22(16-19)32-2)28-17-20-8-4-5-9-21(20)18-30-15-7-12-29-30/h4-12,15-16H,3,13-14,17-18H2,1-2H3,(H,26,31)(H2,25,27,28). The number of aromatic nitrogens is 2. The van der Waals surface area contributed by atoms with Gasteiger partial charge in [0.25, 0.3) is 5.91 Å². The van der Waals surface area contributed by atoms with Crippen LogP contribution in [0, 0.1) is 0 Å². The van der Waals surface area contributed by atoms with Crippen LogP contribution in [-0.4, -0.2) is 48.4 Å². The van der Waals surface area contributed by atoms with Crippen LogP contribution in [0.4, 0.5) is 0 Å². The molecule has 3 rings (SSSR count). The molecule has 0 aliphatic rings. The number of benzene rings is 2. The highest BCUT2D eigenvalue weighted by Gasteiger charge is 2.07. The smallest absolute Gasteiger partial charge is 0.251 e. The zero-order chi connectivity index (χ0) is 22.6. The Kier molecular flexibility index (Phi) is 8.68. The molecule has 8 heteroatoms. The summed E-state index contributed by atoms with van der Waals surface area (Å²) < 4.78 is 7.07. The average Bonchev–Trinajstić information content (AvgIpc) is 3.34. The molecule has 0 bridgehead atoms. The van der Waals surface area contributed by atoms with E-state index in [1.54, 1.807) is 31.5 Å². The zero-order valence-electron chi connectivity index (χ0n) is 18.5. The molecule has 0 saturated heterocycles. The van der Waals surface area contributed by atoms with E-state index in [0.717, 1.165) is 12.1 Å². The van der Waals surface area contributed by atoms with Gasteiger partial charge in [0.2, 0.25) is 0 Å². The monoisotopic (exact) mass is 434 g/mol. The van der Waals surface area contributed by atoms with E-state index in [4.69, 9.17) is 9.73 Å². The van der Waals surface area contributed by atoms with Gasteiger partial charge in [0.1, 0.15) is 5.75 Å². The highest BCUT2D eigenvalue weighted by Crippen LogP contribution is 2.13. The Labute approximate surface area is 188 Å². The summed E-state index contributed by atoms with van der Waals surface area (Å²) in [5.41, 5.74) is 2.89. The lowest BCUT2D eigenvalue weighted by molar-refractivity contribution is 0.0954. The second kappa shape index (κ2) is 12.1. The molecule has 0 aliphatic heterocycles. The molecule has 0 saturated carbocycles. The Morgan fingerprint density at radius 1 is 1.03 bits per heavy atom. The number of carbonyl (C=O) groups is 1. The number of nitrogens with zero attached hydrogens (tertiary/aromatic N) is 3. The Hall–Kier alpha value is -3.81. The Bertz CT molecular complexity index is 1020. The lowest BCUT2D eigenvalue weighted by atomic mass is 10.1. The summed E-state index contributed by atoms with van der Waals surface area (Å²) in [6.07, 6.45) is 3.73. The number of hydrogen-bond donors (Lipinski definition) is 3. The first-order valence-corrected chi connectivity index (χ1v) is 10.7. The molecule has 1 aromatic heterocycles. The highest BCUT2D eigenvalue weighted by molar-refractivity contribution is 5.94. The molecule has 8 nitrogen and oxygen atoms in total. The quantitative estimate of drug-likeness (QED) is 0.259. The SMILES string of the molecule is CCNC(=NCc1ccccc1Cn1cccn1)NCCNC(=O)c1cccc(OC)c1. The van der Waals surface area contributed by atoms with Crippen LogP contribution in [0.25, 0.3) is 0 Å². The van der Waals surface area contributed by atoms with Gasteiger partial charge in [-0.1, -0.05) is 30.3 Å². The van der Waals surface area contributed by atoms with Gasteiger partial charge in [-0.3, -0.25) is 9.48 Å². The first kappa shape index (κ1) is 22.9. The molecule has 2 aromatic carbocycles. The van der Waals surface area contributed by atoms with E-state index in [1.165, 1.54) is 5.56 Å². The number of nitrogens with one attached hydrogen (secondary N) is 3. The molecule has 1 heterocycles. The normalized spacial score (nSPS) is 11.1. The van der Waals surface area contributed by atoms with Gasteiger partial charge < -0.3 is 20.7 Å². The molecular weight excluding hydrogens is 404 g/mol. The predicted octanol–water partition coefficient (Wildman–Crippen LogP) is 2.43. The Morgan fingerprint density at radius 2 is 1.84 bits per heavy atom. The van der Waals surface area contributed by atoms with Gasteiger partial charge in [-0.05, 0) is 42.3 Å².